The minimum Gasteiger partial charge on any atom is -0.493 e. The molecule has 0 fully saturated rings. The largest absolute Gasteiger partial charge is 0.493 e. The molecule has 0 radical (unpaired) electrons. The van der Waals surface area contributed by atoms with E-state index in [9.17, 15) is 0 Å². The number of hydrogen-bond donors (Lipinski definition) is 2. The van der Waals surface area contributed by atoms with Crippen LogP contribution in [0.25, 0.3) is 0 Å². The van der Waals surface area contributed by atoms with Crippen LogP contribution in [0.15, 0.2) is 24.3 Å². The van der Waals surface area contributed by atoms with Gasteiger partial charge in [-0.1, -0.05) is 19.1 Å². The van der Waals surface area contributed by atoms with Crippen LogP contribution in [0.5, 0.6) is 5.75 Å². The van der Waals surface area contributed by atoms with E-state index in [0.717, 1.165) is 18.8 Å². The van der Waals surface area contributed by atoms with Crippen molar-refractivity contribution >= 4 is 5.84 Å². The van der Waals surface area contributed by atoms with Gasteiger partial charge in [-0.05, 0) is 24.1 Å². The number of amidine groups is 1. The maximum absolute atomic E-state index is 7.26. The van der Waals surface area contributed by atoms with Crippen LogP contribution in [0.1, 0.15) is 12.5 Å². The summed E-state index contributed by atoms with van der Waals surface area (Å²) >= 11 is 0. The summed E-state index contributed by atoms with van der Waals surface area (Å²) in [5.41, 5.74) is 6.59. The molecule has 1 unspecified atom stereocenters. The molecule has 0 aliphatic carbocycles. The lowest BCUT2D eigenvalue weighted by Crippen LogP contribution is -2.25. The van der Waals surface area contributed by atoms with Gasteiger partial charge in [0.25, 0.3) is 0 Å². The van der Waals surface area contributed by atoms with Crippen molar-refractivity contribution in [3.63, 3.8) is 0 Å². The van der Waals surface area contributed by atoms with Crippen LogP contribution >= 0.6 is 0 Å². The first-order valence-corrected chi connectivity index (χ1v) is 5.68. The highest BCUT2D eigenvalue weighted by Gasteiger charge is 2.05. The Morgan fingerprint density at radius 1 is 1.35 bits per heavy atom. The first-order chi connectivity index (χ1) is 8.13. The minimum atomic E-state index is -0.0526. The number of benzene rings is 1. The number of ether oxygens (including phenoxy) is 2. The highest BCUT2D eigenvalue weighted by Crippen LogP contribution is 2.13. The van der Waals surface area contributed by atoms with Crippen molar-refractivity contribution < 1.29 is 9.47 Å². The molecule has 1 aromatic rings. The van der Waals surface area contributed by atoms with Crippen LogP contribution in [0, 0.1) is 11.3 Å². The summed E-state index contributed by atoms with van der Waals surface area (Å²) in [7, 11) is 1.70. The smallest absolute Gasteiger partial charge is 0.119 e. The molecule has 0 heterocycles. The normalized spacial score (nSPS) is 12.1. The van der Waals surface area contributed by atoms with Crippen molar-refractivity contribution in [3.8, 4) is 5.75 Å². The van der Waals surface area contributed by atoms with Gasteiger partial charge in [0.05, 0.1) is 19.0 Å². The molecule has 94 valence electrons. The fourth-order valence-corrected chi connectivity index (χ4v) is 1.28. The Kier molecular flexibility index (Phi) is 5.49. The van der Waals surface area contributed by atoms with Gasteiger partial charge in [0.15, 0.2) is 0 Å². The molecular weight excluding hydrogens is 216 g/mol. The minimum absolute atomic E-state index is 0.0526. The standard InChI is InChI=1S/C13H20N2O2/c1-10(13(14)15)9-17-12-5-3-11(4-6-12)7-8-16-2/h3-6,10H,7-9H2,1-2H3,(H3,14,15). The van der Waals surface area contributed by atoms with Crippen LogP contribution in [-0.2, 0) is 11.2 Å². The van der Waals surface area contributed by atoms with E-state index < -0.39 is 0 Å². The van der Waals surface area contributed by atoms with Gasteiger partial charge >= 0.3 is 0 Å². The summed E-state index contributed by atoms with van der Waals surface area (Å²) in [6.45, 7) is 3.03. The second kappa shape index (κ2) is 6.91. The lowest BCUT2D eigenvalue weighted by atomic mass is 10.1. The van der Waals surface area contributed by atoms with E-state index in [0.29, 0.717) is 6.61 Å². The summed E-state index contributed by atoms with van der Waals surface area (Å²) in [5, 5.41) is 7.26. The van der Waals surface area contributed by atoms with Crippen LogP contribution in [0.4, 0.5) is 0 Å². The molecule has 0 spiro atoms. The zero-order valence-electron chi connectivity index (χ0n) is 10.4. The van der Waals surface area contributed by atoms with E-state index in [1.807, 2.05) is 31.2 Å². The maximum atomic E-state index is 7.26. The number of rotatable bonds is 7. The van der Waals surface area contributed by atoms with Gasteiger partial charge < -0.3 is 15.2 Å². The van der Waals surface area contributed by atoms with E-state index >= 15 is 0 Å². The first kappa shape index (κ1) is 13.5. The lowest BCUT2D eigenvalue weighted by molar-refractivity contribution is 0.202. The summed E-state index contributed by atoms with van der Waals surface area (Å²) in [6, 6.07) is 7.90. The molecule has 4 nitrogen and oxygen atoms in total. The Morgan fingerprint density at radius 2 is 2.00 bits per heavy atom. The van der Waals surface area contributed by atoms with Gasteiger partial charge in [-0.2, -0.15) is 0 Å². The number of nitrogens with two attached hydrogens (primary N) is 1. The quantitative estimate of drug-likeness (QED) is 0.560. The predicted octanol–water partition coefficient (Wildman–Crippen LogP) is 1.83. The fraction of sp³-hybridized carbons (Fsp3) is 0.462. The second-order valence-corrected chi connectivity index (χ2v) is 4.05. The van der Waals surface area contributed by atoms with E-state index in [1.54, 1.807) is 7.11 Å². The molecule has 0 saturated heterocycles. The first-order valence-electron chi connectivity index (χ1n) is 5.68. The van der Waals surface area contributed by atoms with Gasteiger partial charge in [0.1, 0.15) is 5.75 Å². The van der Waals surface area contributed by atoms with E-state index in [-0.39, 0.29) is 11.8 Å². The van der Waals surface area contributed by atoms with E-state index in [4.69, 9.17) is 20.6 Å². The Hall–Kier alpha value is -1.55. The van der Waals surface area contributed by atoms with Crippen LogP contribution in [0.2, 0.25) is 0 Å². The van der Waals surface area contributed by atoms with E-state index in [2.05, 4.69) is 0 Å². The van der Waals surface area contributed by atoms with Gasteiger partial charge in [0, 0.05) is 13.0 Å². The monoisotopic (exact) mass is 236 g/mol. The second-order valence-electron chi connectivity index (χ2n) is 4.05. The highest BCUT2D eigenvalue weighted by atomic mass is 16.5. The molecule has 0 aliphatic rings. The van der Waals surface area contributed by atoms with Gasteiger partial charge in [0.2, 0.25) is 0 Å². The van der Waals surface area contributed by atoms with Crippen molar-refractivity contribution in [2.24, 2.45) is 11.7 Å². The molecule has 1 aromatic carbocycles. The zero-order valence-corrected chi connectivity index (χ0v) is 10.4. The molecule has 17 heavy (non-hydrogen) atoms. The topological polar surface area (TPSA) is 68.3 Å². The SMILES string of the molecule is COCCc1ccc(OCC(C)C(=N)N)cc1. The number of hydrogen-bond acceptors (Lipinski definition) is 3. The summed E-state index contributed by atoms with van der Waals surface area (Å²) < 4.78 is 10.5. The summed E-state index contributed by atoms with van der Waals surface area (Å²) in [5.74, 6) is 0.907. The molecule has 0 saturated carbocycles. The number of nitrogens with one attached hydrogen (secondary N) is 1. The van der Waals surface area contributed by atoms with Crippen molar-refractivity contribution in [1.29, 1.82) is 5.41 Å². The molecule has 0 amide bonds. The third-order valence-electron chi connectivity index (χ3n) is 2.55. The molecule has 3 N–H and O–H groups in total. The molecule has 0 bridgehead atoms. The lowest BCUT2D eigenvalue weighted by Gasteiger charge is -2.11. The average molecular weight is 236 g/mol. The molecule has 0 aromatic heterocycles. The van der Waals surface area contributed by atoms with Gasteiger partial charge in [-0.25, -0.2) is 0 Å². The molecule has 1 atom stereocenters. The average Bonchev–Trinajstić information content (AvgIpc) is 2.34. The molecule has 0 aliphatic heterocycles. The summed E-state index contributed by atoms with van der Waals surface area (Å²) in [6.07, 6.45) is 0.903. The third kappa shape index (κ3) is 4.87. The third-order valence-corrected chi connectivity index (χ3v) is 2.55. The van der Waals surface area contributed by atoms with E-state index in [1.165, 1.54) is 5.56 Å². The molecular formula is C13H20N2O2. The Balaban J connectivity index is 2.42. The van der Waals surface area contributed by atoms with Crippen LogP contribution < -0.4 is 10.5 Å². The van der Waals surface area contributed by atoms with Crippen LogP contribution in [0.3, 0.4) is 0 Å². The van der Waals surface area contributed by atoms with Crippen molar-refractivity contribution in [3.05, 3.63) is 29.8 Å². The summed E-state index contributed by atoms with van der Waals surface area (Å²) in [4.78, 5) is 0. The Morgan fingerprint density at radius 3 is 2.53 bits per heavy atom. The number of methoxy groups -OCH3 is 1. The fourth-order valence-electron chi connectivity index (χ4n) is 1.28. The van der Waals surface area contributed by atoms with Gasteiger partial charge in [-0.3, -0.25) is 5.41 Å². The maximum Gasteiger partial charge on any atom is 0.119 e. The zero-order chi connectivity index (χ0) is 12.7. The Labute approximate surface area is 102 Å². The van der Waals surface area contributed by atoms with Crippen molar-refractivity contribution in [2.75, 3.05) is 20.3 Å². The van der Waals surface area contributed by atoms with Crippen molar-refractivity contribution in [1.82, 2.24) is 0 Å². The van der Waals surface area contributed by atoms with Gasteiger partial charge in [-0.15, -0.1) is 0 Å². The van der Waals surface area contributed by atoms with Crippen LogP contribution in [-0.4, -0.2) is 26.2 Å². The predicted molar refractivity (Wildman–Crippen MR) is 68.6 cm³/mol. The highest BCUT2D eigenvalue weighted by molar-refractivity contribution is 5.79. The Bertz CT molecular complexity index is 349. The molecule has 1 rings (SSSR count). The van der Waals surface area contributed by atoms with Crippen molar-refractivity contribution in [2.45, 2.75) is 13.3 Å². The molecule has 4 heteroatoms.